The van der Waals surface area contributed by atoms with Gasteiger partial charge in [-0.3, -0.25) is 9.78 Å². The minimum absolute atomic E-state index is 0.131. The van der Waals surface area contributed by atoms with E-state index in [-0.39, 0.29) is 22.5 Å². The quantitative estimate of drug-likeness (QED) is 0.304. The molecule has 2 aliphatic rings. The maximum absolute atomic E-state index is 12.8. The second-order valence-corrected chi connectivity index (χ2v) is 14.9. The number of alkyl carbamates (subject to hydrolysis) is 1. The molecule has 1 saturated heterocycles. The fourth-order valence-electron chi connectivity index (χ4n) is 5.81. The maximum Gasteiger partial charge on any atom is 0.408 e. The Labute approximate surface area is 262 Å². The highest BCUT2D eigenvalue weighted by Crippen LogP contribution is 2.50. The lowest BCUT2D eigenvalue weighted by atomic mass is 10.1. The fourth-order valence-corrected chi connectivity index (χ4v) is 6.81. The third-order valence-corrected chi connectivity index (χ3v) is 9.37. The maximum atomic E-state index is 12.8. The van der Waals surface area contributed by atoms with Crippen LogP contribution in [-0.2, 0) is 21.1 Å². The molecule has 3 aromatic heterocycles. The summed E-state index contributed by atoms with van der Waals surface area (Å²) >= 11 is 0. The van der Waals surface area contributed by atoms with Gasteiger partial charge in [-0.2, -0.15) is 0 Å². The lowest BCUT2D eigenvalue weighted by Gasteiger charge is -2.25. The molecule has 1 aliphatic heterocycles. The summed E-state index contributed by atoms with van der Waals surface area (Å²) < 4.78 is 29.6. The number of benzene rings is 1. The summed E-state index contributed by atoms with van der Waals surface area (Å²) in [4.78, 5) is 41.8. The number of hydrogen-bond acceptors (Lipinski definition) is 9. The SMILES string of the molecule is Cc1ccc(C(=O)NCc2cc3nc(-c4cccc(N5CC6C[C@]6(NC(=O)OC(C)(C)C)C5)n4)ccc3cn2)cc1S(C)(=O)=O. The summed E-state index contributed by atoms with van der Waals surface area (Å²) in [6, 6.07) is 16.1. The Kier molecular flexibility index (Phi) is 7.51. The van der Waals surface area contributed by atoms with Crippen LogP contribution in [0.3, 0.4) is 0 Å². The smallest absolute Gasteiger partial charge is 0.408 e. The average Bonchev–Trinajstić information content (AvgIpc) is 3.51. The van der Waals surface area contributed by atoms with Crippen LogP contribution in [0.2, 0.25) is 0 Å². The average molecular weight is 629 g/mol. The minimum Gasteiger partial charge on any atom is -0.444 e. The standard InChI is InChI=1S/C33H36N6O5S/c1-20-9-10-21(13-28(20)45(5,42)43)30(40)35-17-24-14-27-22(16-34-24)11-12-26(36-27)25-7-6-8-29(37-25)39-18-23-15-33(23,19-39)38-31(41)44-32(2,3)4/h6-14,16,23H,15,17-19H2,1-5H3,(H,35,40)(H,38,41)/t23?,33-/m0/s1. The molecule has 1 aliphatic carbocycles. The normalized spacial score (nSPS) is 19.2. The van der Waals surface area contributed by atoms with E-state index in [2.05, 4.69) is 20.5 Å². The number of carbonyl (C=O) groups excluding carboxylic acids is 2. The number of rotatable bonds is 7. The first-order valence-corrected chi connectivity index (χ1v) is 16.7. The summed E-state index contributed by atoms with van der Waals surface area (Å²) in [5.41, 5.74) is 2.74. The molecule has 1 aromatic carbocycles. The Bertz CT molecular complexity index is 1940. The molecule has 234 valence electrons. The number of aryl methyl sites for hydroxylation is 1. The minimum atomic E-state index is -3.46. The van der Waals surface area contributed by atoms with E-state index in [4.69, 9.17) is 14.7 Å². The van der Waals surface area contributed by atoms with E-state index in [1.165, 1.54) is 6.07 Å². The molecule has 1 unspecified atom stereocenters. The van der Waals surface area contributed by atoms with Crippen molar-refractivity contribution in [1.82, 2.24) is 25.6 Å². The van der Waals surface area contributed by atoms with Crippen LogP contribution >= 0.6 is 0 Å². The van der Waals surface area contributed by atoms with Gasteiger partial charge in [0, 0.05) is 42.4 Å². The van der Waals surface area contributed by atoms with Crippen molar-refractivity contribution in [1.29, 1.82) is 0 Å². The monoisotopic (exact) mass is 628 g/mol. The van der Waals surface area contributed by atoms with Gasteiger partial charge < -0.3 is 20.3 Å². The van der Waals surface area contributed by atoms with Gasteiger partial charge in [0.15, 0.2) is 9.84 Å². The number of piperidine rings is 1. The summed E-state index contributed by atoms with van der Waals surface area (Å²) in [6.45, 7) is 8.87. The number of nitrogens with one attached hydrogen (secondary N) is 2. The second-order valence-electron chi connectivity index (χ2n) is 12.9. The van der Waals surface area contributed by atoms with Gasteiger partial charge in [-0.1, -0.05) is 12.1 Å². The van der Waals surface area contributed by atoms with Crippen LogP contribution in [0.25, 0.3) is 22.3 Å². The molecule has 12 heteroatoms. The van der Waals surface area contributed by atoms with Gasteiger partial charge in [0.25, 0.3) is 5.91 Å². The first-order chi connectivity index (χ1) is 21.2. The van der Waals surface area contributed by atoms with Crippen LogP contribution in [0.5, 0.6) is 0 Å². The number of fused-ring (bicyclic) bond motifs is 2. The van der Waals surface area contributed by atoms with Crippen LogP contribution in [-0.4, -0.2) is 65.9 Å². The summed E-state index contributed by atoms with van der Waals surface area (Å²) in [5.74, 6) is 0.779. The van der Waals surface area contributed by atoms with Crippen molar-refractivity contribution >= 4 is 38.6 Å². The first kappa shape index (κ1) is 30.4. The van der Waals surface area contributed by atoms with Crippen LogP contribution in [0.15, 0.2) is 65.7 Å². The molecule has 1 saturated carbocycles. The van der Waals surface area contributed by atoms with Gasteiger partial charge in [-0.15, -0.1) is 0 Å². The van der Waals surface area contributed by atoms with Crippen LogP contribution in [0, 0.1) is 12.8 Å². The molecule has 2 amide bonds. The van der Waals surface area contributed by atoms with Crippen molar-refractivity contribution in [2.24, 2.45) is 5.92 Å². The molecule has 4 aromatic rings. The largest absolute Gasteiger partial charge is 0.444 e. The number of carbonyl (C=O) groups is 2. The molecule has 2 N–H and O–H groups in total. The van der Waals surface area contributed by atoms with Crippen molar-refractivity contribution in [3.8, 4) is 11.4 Å². The summed E-state index contributed by atoms with van der Waals surface area (Å²) in [5, 5.41) is 6.76. The molecule has 0 spiro atoms. The van der Waals surface area contributed by atoms with Crippen molar-refractivity contribution in [3.63, 3.8) is 0 Å². The summed E-state index contributed by atoms with van der Waals surface area (Å²) in [7, 11) is -3.46. The number of sulfone groups is 1. The zero-order valence-electron chi connectivity index (χ0n) is 25.9. The number of nitrogens with zero attached hydrogens (tertiary/aromatic N) is 4. The zero-order valence-corrected chi connectivity index (χ0v) is 26.7. The molecule has 2 atom stereocenters. The molecular formula is C33H36N6O5S. The van der Waals surface area contributed by atoms with Crippen LogP contribution in [0.1, 0.15) is 48.8 Å². The molecule has 6 rings (SSSR count). The van der Waals surface area contributed by atoms with Crippen molar-refractivity contribution < 1.29 is 22.7 Å². The number of ether oxygens (including phenoxy) is 1. The highest BCUT2D eigenvalue weighted by atomic mass is 32.2. The number of anilines is 1. The third kappa shape index (κ3) is 6.60. The van der Waals surface area contributed by atoms with E-state index in [9.17, 15) is 18.0 Å². The van der Waals surface area contributed by atoms with E-state index in [0.717, 1.165) is 36.1 Å². The van der Waals surface area contributed by atoms with E-state index in [1.54, 1.807) is 25.3 Å². The fraction of sp³-hybridized carbons (Fsp3) is 0.364. The van der Waals surface area contributed by atoms with Gasteiger partial charge in [0.05, 0.1) is 39.6 Å². The Morgan fingerprint density at radius 2 is 1.84 bits per heavy atom. The second kappa shape index (κ2) is 11.1. The van der Waals surface area contributed by atoms with Crippen molar-refractivity contribution in [2.45, 2.75) is 56.7 Å². The van der Waals surface area contributed by atoms with Crippen LogP contribution < -0.4 is 15.5 Å². The van der Waals surface area contributed by atoms with Gasteiger partial charge in [0.2, 0.25) is 0 Å². The molecule has 4 heterocycles. The molecular weight excluding hydrogens is 592 g/mol. The lowest BCUT2D eigenvalue weighted by molar-refractivity contribution is 0.0498. The van der Waals surface area contributed by atoms with Crippen molar-refractivity contribution in [2.75, 3.05) is 24.2 Å². The molecule has 45 heavy (non-hydrogen) atoms. The number of hydrogen-bond donors (Lipinski definition) is 2. The highest BCUT2D eigenvalue weighted by molar-refractivity contribution is 7.90. The third-order valence-electron chi connectivity index (χ3n) is 8.13. The van der Waals surface area contributed by atoms with Crippen molar-refractivity contribution in [3.05, 3.63) is 77.6 Å². The Morgan fingerprint density at radius 1 is 1.07 bits per heavy atom. The lowest BCUT2D eigenvalue weighted by Crippen LogP contribution is -2.44. The topological polar surface area (TPSA) is 143 Å². The van der Waals surface area contributed by atoms with Gasteiger partial charge in [0.1, 0.15) is 11.4 Å². The van der Waals surface area contributed by atoms with Gasteiger partial charge in [-0.05, 0) is 82.1 Å². The number of amides is 2. The Morgan fingerprint density at radius 3 is 2.60 bits per heavy atom. The first-order valence-electron chi connectivity index (χ1n) is 14.8. The molecule has 11 nitrogen and oxygen atoms in total. The predicted molar refractivity (Wildman–Crippen MR) is 171 cm³/mol. The zero-order chi connectivity index (χ0) is 32.1. The van der Waals surface area contributed by atoms with E-state index in [0.29, 0.717) is 34.9 Å². The van der Waals surface area contributed by atoms with Gasteiger partial charge >= 0.3 is 6.09 Å². The van der Waals surface area contributed by atoms with E-state index in [1.807, 2.05) is 57.2 Å². The Hall–Kier alpha value is -4.58. The number of pyridine rings is 3. The number of aromatic nitrogens is 3. The highest BCUT2D eigenvalue weighted by Gasteiger charge is 2.61. The van der Waals surface area contributed by atoms with E-state index >= 15 is 0 Å². The van der Waals surface area contributed by atoms with Gasteiger partial charge in [-0.25, -0.2) is 23.2 Å². The van der Waals surface area contributed by atoms with E-state index < -0.39 is 27.4 Å². The summed E-state index contributed by atoms with van der Waals surface area (Å²) in [6.07, 6.45) is 3.37. The molecule has 2 fully saturated rings. The Balaban J connectivity index is 1.15. The predicted octanol–water partition coefficient (Wildman–Crippen LogP) is 4.44. The van der Waals surface area contributed by atoms with Crippen LogP contribution in [0.4, 0.5) is 10.6 Å². The molecule has 0 bridgehead atoms. The molecule has 0 radical (unpaired) electrons.